The summed E-state index contributed by atoms with van der Waals surface area (Å²) in [5.74, 6) is 1.85. The first kappa shape index (κ1) is 28.2. The Kier molecular flexibility index (Phi) is 9.19. The van der Waals surface area contributed by atoms with E-state index < -0.39 is 0 Å². The van der Waals surface area contributed by atoms with Gasteiger partial charge in [-0.1, -0.05) is 56.6 Å². The number of carbonyl (C=O) groups is 1. The van der Waals surface area contributed by atoms with Crippen molar-refractivity contribution in [2.45, 2.75) is 64.8 Å². The van der Waals surface area contributed by atoms with Gasteiger partial charge in [-0.2, -0.15) is 5.26 Å². The average molecular weight is 570 g/mol. The molecule has 0 spiro atoms. The van der Waals surface area contributed by atoms with Crippen molar-refractivity contribution >= 4 is 45.6 Å². The zero-order chi connectivity index (χ0) is 27.3. The van der Waals surface area contributed by atoms with E-state index in [1.165, 1.54) is 16.6 Å². The van der Waals surface area contributed by atoms with Crippen LogP contribution in [0.5, 0.6) is 5.75 Å². The van der Waals surface area contributed by atoms with Gasteiger partial charge in [0.1, 0.15) is 23.4 Å². The van der Waals surface area contributed by atoms with Crippen LogP contribution >= 0.6 is 34.7 Å². The van der Waals surface area contributed by atoms with Crippen molar-refractivity contribution in [3.8, 4) is 11.8 Å². The fourth-order valence-corrected chi connectivity index (χ4v) is 6.75. The number of hydrogen-bond acceptors (Lipinski definition) is 7. The largest absolute Gasteiger partial charge is 0.486 e. The fourth-order valence-electron chi connectivity index (χ4n) is 4.56. The summed E-state index contributed by atoms with van der Waals surface area (Å²) in [5, 5.41) is 23.3. The third-order valence-corrected chi connectivity index (χ3v) is 9.65. The van der Waals surface area contributed by atoms with E-state index in [1.807, 2.05) is 4.57 Å². The van der Waals surface area contributed by atoms with Gasteiger partial charge in [0.2, 0.25) is 5.91 Å². The quantitative estimate of drug-likeness (QED) is 0.199. The molecular formula is C28H32ClN5O2S2. The summed E-state index contributed by atoms with van der Waals surface area (Å²) >= 11 is 8.78. The molecule has 2 heterocycles. The summed E-state index contributed by atoms with van der Waals surface area (Å²) in [4.78, 5) is 14.1. The smallest absolute Gasteiger partial charge is 0.235 e. The van der Waals surface area contributed by atoms with Crippen LogP contribution in [0, 0.1) is 22.7 Å². The van der Waals surface area contributed by atoms with Gasteiger partial charge in [-0.15, -0.1) is 28.1 Å². The molecule has 1 amide bonds. The third kappa shape index (κ3) is 6.42. The number of hydrogen-bond donors (Lipinski definition) is 1. The lowest BCUT2D eigenvalue weighted by Gasteiger charge is -2.36. The summed E-state index contributed by atoms with van der Waals surface area (Å²) in [7, 11) is 0. The minimum Gasteiger partial charge on any atom is -0.486 e. The number of ether oxygens (including phenoxy) is 1. The average Bonchev–Trinajstić information content (AvgIpc) is 3.46. The van der Waals surface area contributed by atoms with E-state index in [2.05, 4.69) is 48.9 Å². The predicted octanol–water partition coefficient (Wildman–Crippen LogP) is 6.90. The standard InChI is InChI=1S/C28H32ClN5O2S2/c1-5-13-34-24(16-36-20-10-8-19(29)9-11-20)32-33-27(34)37-17-25(35)31-26-22(15-30)21-12-7-18(14-23(21)38-26)28(3,4)6-2/h5,8-11,18H,1,6-7,12-14,16-17H2,2-4H3,(H,31,35). The van der Waals surface area contributed by atoms with Crippen LogP contribution in [0.3, 0.4) is 0 Å². The number of allylic oxidation sites excluding steroid dienone is 1. The zero-order valence-electron chi connectivity index (χ0n) is 21.9. The first-order valence-electron chi connectivity index (χ1n) is 12.6. The molecule has 38 heavy (non-hydrogen) atoms. The summed E-state index contributed by atoms with van der Waals surface area (Å²) in [5.41, 5.74) is 1.99. The van der Waals surface area contributed by atoms with Crippen LogP contribution in [0.4, 0.5) is 5.00 Å². The molecule has 1 atom stereocenters. The Morgan fingerprint density at radius 1 is 1.39 bits per heavy atom. The van der Waals surface area contributed by atoms with Gasteiger partial charge in [-0.3, -0.25) is 9.36 Å². The second kappa shape index (κ2) is 12.4. The molecule has 1 unspecified atom stereocenters. The van der Waals surface area contributed by atoms with Crippen molar-refractivity contribution in [2.24, 2.45) is 11.3 Å². The van der Waals surface area contributed by atoms with Gasteiger partial charge >= 0.3 is 0 Å². The second-order valence-corrected chi connectivity index (χ2v) is 12.5. The highest BCUT2D eigenvalue weighted by Gasteiger charge is 2.34. The topological polar surface area (TPSA) is 92.8 Å². The number of thiophene rings is 1. The maximum atomic E-state index is 12.9. The highest BCUT2D eigenvalue weighted by atomic mass is 35.5. The lowest BCUT2D eigenvalue weighted by Crippen LogP contribution is -2.28. The molecule has 0 saturated heterocycles. The third-order valence-electron chi connectivity index (χ3n) is 7.27. The van der Waals surface area contributed by atoms with E-state index in [0.717, 1.165) is 31.2 Å². The highest BCUT2D eigenvalue weighted by Crippen LogP contribution is 2.45. The van der Waals surface area contributed by atoms with Gasteiger partial charge in [0, 0.05) is 16.4 Å². The van der Waals surface area contributed by atoms with Crippen LogP contribution in [0.25, 0.3) is 0 Å². The molecule has 1 aliphatic carbocycles. The van der Waals surface area contributed by atoms with E-state index >= 15 is 0 Å². The number of fused-ring (bicyclic) bond motifs is 1. The minimum atomic E-state index is -0.178. The second-order valence-electron chi connectivity index (χ2n) is 9.98. The molecule has 4 rings (SSSR count). The molecule has 0 bridgehead atoms. The zero-order valence-corrected chi connectivity index (χ0v) is 24.3. The minimum absolute atomic E-state index is 0.145. The Morgan fingerprint density at radius 2 is 2.16 bits per heavy atom. The molecule has 0 fully saturated rings. The van der Waals surface area contributed by atoms with Crippen molar-refractivity contribution in [3.05, 3.63) is 63.8 Å². The van der Waals surface area contributed by atoms with Crippen molar-refractivity contribution in [2.75, 3.05) is 11.1 Å². The number of benzene rings is 1. The van der Waals surface area contributed by atoms with E-state index in [1.54, 1.807) is 41.7 Å². The van der Waals surface area contributed by atoms with Gasteiger partial charge < -0.3 is 10.1 Å². The van der Waals surface area contributed by atoms with Crippen LogP contribution < -0.4 is 10.1 Å². The lowest BCUT2D eigenvalue weighted by molar-refractivity contribution is -0.113. The molecule has 0 aliphatic heterocycles. The van der Waals surface area contributed by atoms with Crippen molar-refractivity contribution in [3.63, 3.8) is 0 Å². The van der Waals surface area contributed by atoms with E-state index in [9.17, 15) is 10.1 Å². The molecule has 3 aromatic rings. The van der Waals surface area contributed by atoms with Crippen LogP contribution in [0.2, 0.25) is 5.02 Å². The Bertz CT molecular complexity index is 1340. The van der Waals surface area contributed by atoms with Gasteiger partial charge in [0.05, 0.1) is 11.3 Å². The predicted molar refractivity (Wildman–Crippen MR) is 154 cm³/mol. The molecule has 0 radical (unpaired) electrons. The highest BCUT2D eigenvalue weighted by molar-refractivity contribution is 7.99. The first-order chi connectivity index (χ1) is 18.2. The lowest BCUT2D eigenvalue weighted by atomic mass is 9.69. The fraction of sp³-hybridized carbons (Fsp3) is 0.429. The molecule has 7 nitrogen and oxygen atoms in total. The van der Waals surface area contributed by atoms with Crippen LogP contribution in [-0.2, 0) is 30.8 Å². The van der Waals surface area contributed by atoms with E-state index in [0.29, 0.717) is 44.8 Å². The number of anilines is 1. The Labute approximate surface area is 237 Å². The number of halogens is 1. The Morgan fingerprint density at radius 3 is 2.84 bits per heavy atom. The number of aromatic nitrogens is 3. The molecule has 200 valence electrons. The molecule has 1 aromatic carbocycles. The van der Waals surface area contributed by atoms with Crippen molar-refractivity contribution in [1.82, 2.24) is 14.8 Å². The molecule has 1 N–H and O–H groups in total. The van der Waals surface area contributed by atoms with Gasteiger partial charge in [-0.05, 0) is 60.4 Å². The normalized spacial score (nSPS) is 15.0. The summed E-state index contributed by atoms with van der Waals surface area (Å²) in [6.45, 7) is 11.4. The first-order valence-corrected chi connectivity index (χ1v) is 14.8. The maximum Gasteiger partial charge on any atom is 0.235 e. The van der Waals surface area contributed by atoms with Gasteiger partial charge in [0.15, 0.2) is 11.0 Å². The number of amides is 1. The number of nitriles is 1. The van der Waals surface area contributed by atoms with Crippen molar-refractivity contribution < 1.29 is 9.53 Å². The molecule has 10 heteroatoms. The Balaban J connectivity index is 1.40. The van der Waals surface area contributed by atoms with Crippen molar-refractivity contribution in [1.29, 1.82) is 5.26 Å². The van der Waals surface area contributed by atoms with Gasteiger partial charge in [-0.25, -0.2) is 0 Å². The van der Waals surface area contributed by atoms with E-state index in [4.69, 9.17) is 16.3 Å². The van der Waals surface area contributed by atoms with Crippen LogP contribution in [-0.4, -0.2) is 26.4 Å². The number of nitrogens with one attached hydrogen (secondary N) is 1. The number of carbonyl (C=O) groups excluding carboxylic acids is 1. The molecule has 2 aromatic heterocycles. The summed E-state index contributed by atoms with van der Waals surface area (Å²) in [6.07, 6.45) is 5.80. The molecule has 0 saturated carbocycles. The van der Waals surface area contributed by atoms with E-state index in [-0.39, 0.29) is 23.7 Å². The number of thioether (sulfide) groups is 1. The monoisotopic (exact) mass is 569 g/mol. The van der Waals surface area contributed by atoms with Gasteiger partial charge in [0.25, 0.3) is 0 Å². The Hall–Kier alpha value is -2.80. The maximum absolute atomic E-state index is 12.9. The summed E-state index contributed by atoms with van der Waals surface area (Å²) < 4.78 is 7.69. The number of rotatable bonds is 11. The SMILES string of the molecule is C=CCn1c(COc2ccc(Cl)cc2)nnc1SCC(=O)Nc1sc2c(c1C#N)CCC(C(C)(C)CC)C2. The van der Waals surface area contributed by atoms with Crippen LogP contribution in [0.15, 0.2) is 42.1 Å². The summed E-state index contributed by atoms with van der Waals surface area (Å²) in [6, 6.07) is 9.44. The number of nitrogens with zero attached hydrogens (tertiary/aromatic N) is 4. The molecular weight excluding hydrogens is 538 g/mol. The van der Waals surface area contributed by atoms with Crippen LogP contribution in [0.1, 0.15) is 55.4 Å². The molecule has 1 aliphatic rings.